The first-order chi connectivity index (χ1) is 14.6. The van der Waals surface area contributed by atoms with Crippen molar-refractivity contribution in [3.8, 4) is 0 Å². The topological polar surface area (TPSA) is 24.9 Å². The zero-order valence-corrected chi connectivity index (χ0v) is 17.4. The van der Waals surface area contributed by atoms with Crippen molar-refractivity contribution in [1.29, 1.82) is 0 Å². The molecule has 1 aliphatic carbocycles. The number of halogens is 1. The first-order valence-electron chi connectivity index (χ1n) is 10.8. The molecule has 0 spiro atoms. The van der Waals surface area contributed by atoms with Gasteiger partial charge in [0.15, 0.2) is 0 Å². The van der Waals surface area contributed by atoms with Crippen LogP contribution in [0.1, 0.15) is 48.8 Å². The molecule has 1 aliphatic heterocycles. The molecular weight excluding hydrogens is 371 g/mol. The van der Waals surface area contributed by atoms with Crippen molar-refractivity contribution >= 4 is 17.0 Å². The van der Waals surface area contributed by atoms with Gasteiger partial charge in [-0.1, -0.05) is 67.6 Å². The Bertz CT molecular complexity index is 987. The van der Waals surface area contributed by atoms with Gasteiger partial charge in [-0.25, -0.2) is 9.37 Å². The highest BCUT2D eigenvalue weighted by Crippen LogP contribution is 2.38. The van der Waals surface area contributed by atoms with Crippen LogP contribution in [0.3, 0.4) is 0 Å². The second kappa shape index (κ2) is 9.25. The van der Waals surface area contributed by atoms with E-state index in [9.17, 15) is 4.39 Å². The molecular formula is C27H29FN2. The summed E-state index contributed by atoms with van der Waals surface area (Å²) in [4.78, 5) is 4.60. The molecule has 0 bridgehead atoms. The Balaban J connectivity index is 1.30. The molecule has 30 heavy (non-hydrogen) atoms. The quantitative estimate of drug-likeness (QED) is 0.384. The molecule has 0 fully saturated rings. The third-order valence-electron chi connectivity index (χ3n) is 5.96. The maximum absolute atomic E-state index is 13.4. The van der Waals surface area contributed by atoms with Crippen LogP contribution in [0, 0.1) is 0 Å². The van der Waals surface area contributed by atoms with E-state index in [0.29, 0.717) is 6.42 Å². The van der Waals surface area contributed by atoms with E-state index in [1.165, 1.54) is 18.4 Å². The number of hydrogen-bond donors (Lipinski definition) is 1. The molecule has 1 aromatic heterocycles. The number of alkyl halides is 1. The van der Waals surface area contributed by atoms with Crippen molar-refractivity contribution < 1.29 is 4.39 Å². The van der Waals surface area contributed by atoms with Crippen LogP contribution in [0.4, 0.5) is 10.2 Å². The summed E-state index contributed by atoms with van der Waals surface area (Å²) in [6.07, 6.45) is 12.4. The third kappa shape index (κ3) is 4.62. The Kier molecular flexibility index (Phi) is 6.27. The van der Waals surface area contributed by atoms with Gasteiger partial charge in [-0.2, -0.15) is 0 Å². The molecule has 1 aromatic carbocycles. The van der Waals surface area contributed by atoms with Gasteiger partial charge >= 0.3 is 0 Å². The van der Waals surface area contributed by atoms with Gasteiger partial charge in [-0.15, -0.1) is 0 Å². The van der Waals surface area contributed by atoms with Crippen LogP contribution in [-0.2, 0) is 6.42 Å². The van der Waals surface area contributed by atoms with Gasteiger partial charge in [0.2, 0.25) is 0 Å². The van der Waals surface area contributed by atoms with Gasteiger partial charge in [0.25, 0.3) is 0 Å². The highest BCUT2D eigenvalue weighted by atomic mass is 19.1. The smallest absolute Gasteiger partial charge is 0.134 e. The van der Waals surface area contributed by atoms with Crippen LogP contribution >= 0.6 is 0 Å². The van der Waals surface area contributed by atoms with E-state index in [2.05, 4.69) is 59.9 Å². The number of nitrogens with zero attached hydrogens (tertiary/aromatic N) is 1. The summed E-state index contributed by atoms with van der Waals surface area (Å²) < 4.78 is 13.4. The molecule has 0 amide bonds. The van der Waals surface area contributed by atoms with Crippen LogP contribution in [-0.4, -0.2) is 17.2 Å². The molecule has 2 atom stereocenters. The molecule has 2 aliphatic rings. The maximum Gasteiger partial charge on any atom is 0.134 e. The minimum absolute atomic E-state index is 0.0444. The summed E-state index contributed by atoms with van der Waals surface area (Å²) in [5.74, 6) is 0.864. The van der Waals surface area contributed by atoms with E-state index in [4.69, 9.17) is 0 Å². The summed E-state index contributed by atoms with van der Waals surface area (Å²) >= 11 is 0. The van der Waals surface area contributed by atoms with E-state index >= 15 is 0 Å². The van der Waals surface area contributed by atoms with Crippen molar-refractivity contribution in [3.63, 3.8) is 0 Å². The molecule has 2 nitrogen and oxygen atoms in total. The first kappa shape index (κ1) is 20.3. The number of anilines is 1. The third-order valence-corrected chi connectivity index (χ3v) is 5.96. The summed E-state index contributed by atoms with van der Waals surface area (Å²) in [7, 11) is 0. The SMILES string of the molecule is C=C(CCCCCc1ccccc1)C1Nc2ncc(C3=CCC(F)C=C3)cc2C1=C. The monoisotopic (exact) mass is 400 g/mol. The van der Waals surface area contributed by atoms with Crippen LogP contribution in [0.15, 0.2) is 79.6 Å². The zero-order chi connectivity index (χ0) is 20.9. The Morgan fingerprint density at radius 1 is 1.17 bits per heavy atom. The van der Waals surface area contributed by atoms with Gasteiger partial charge in [0.1, 0.15) is 12.0 Å². The number of pyridine rings is 1. The number of allylic oxidation sites excluding steroid dienone is 4. The second-order valence-electron chi connectivity index (χ2n) is 8.20. The Morgan fingerprint density at radius 2 is 2.00 bits per heavy atom. The Labute approximate surface area is 178 Å². The Hall–Kier alpha value is -2.94. The van der Waals surface area contributed by atoms with Crippen LogP contribution < -0.4 is 5.32 Å². The molecule has 1 N–H and O–H groups in total. The summed E-state index contributed by atoms with van der Waals surface area (Å²) in [5, 5.41) is 3.48. The largest absolute Gasteiger partial charge is 0.359 e. The number of benzene rings is 1. The number of aryl methyl sites for hydroxylation is 1. The average Bonchev–Trinajstić information content (AvgIpc) is 3.11. The van der Waals surface area contributed by atoms with Crippen molar-refractivity contribution in [1.82, 2.24) is 4.98 Å². The van der Waals surface area contributed by atoms with E-state index in [1.807, 2.05) is 18.3 Å². The minimum Gasteiger partial charge on any atom is -0.359 e. The number of hydrogen-bond acceptors (Lipinski definition) is 2. The van der Waals surface area contributed by atoms with Crippen molar-refractivity contribution in [2.75, 3.05) is 5.32 Å². The second-order valence-corrected chi connectivity index (χ2v) is 8.20. The molecule has 4 rings (SSSR count). The summed E-state index contributed by atoms with van der Waals surface area (Å²) in [5.41, 5.74) is 6.66. The molecule has 0 radical (unpaired) electrons. The van der Waals surface area contributed by atoms with Gasteiger partial charge in [0.05, 0.1) is 6.04 Å². The number of unbranched alkanes of at least 4 members (excludes halogenated alkanes) is 2. The lowest BCUT2D eigenvalue weighted by Crippen LogP contribution is -2.17. The molecule has 2 aromatic rings. The number of nitrogens with one attached hydrogen (secondary N) is 1. The van der Waals surface area contributed by atoms with Crippen LogP contribution in [0.25, 0.3) is 11.1 Å². The van der Waals surface area contributed by atoms with Crippen LogP contribution in [0.5, 0.6) is 0 Å². The summed E-state index contributed by atoms with van der Waals surface area (Å²) in [6, 6.07) is 12.8. The van der Waals surface area contributed by atoms with Gasteiger partial charge in [-0.3, -0.25) is 0 Å². The minimum atomic E-state index is -0.881. The molecule has 2 heterocycles. The number of fused-ring (bicyclic) bond motifs is 1. The number of aromatic nitrogens is 1. The van der Waals surface area contributed by atoms with Gasteiger partial charge < -0.3 is 5.32 Å². The number of rotatable bonds is 8. The maximum atomic E-state index is 13.4. The Morgan fingerprint density at radius 3 is 2.77 bits per heavy atom. The predicted molar refractivity (Wildman–Crippen MR) is 125 cm³/mol. The van der Waals surface area contributed by atoms with E-state index in [1.54, 1.807) is 6.08 Å². The predicted octanol–water partition coefficient (Wildman–Crippen LogP) is 6.93. The fraction of sp³-hybridized carbons (Fsp3) is 0.296. The van der Waals surface area contributed by atoms with Crippen molar-refractivity contribution in [2.45, 2.75) is 50.7 Å². The fourth-order valence-electron chi connectivity index (χ4n) is 4.17. The lowest BCUT2D eigenvalue weighted by molar-refractivity contribution is 0.402. The van der Waals surface area contributed by atoms with Gasteiger partial charge in [-0.05, 0) is 54.5 Å². The summed E-state index contributed by atoms with van der Waals surface area (Å²) in [6.45, 7) is 8.65. The highest BCUT2D eigenvalue weighted by Gasteiger charge is 2.28. The lowest BCUT2D eigenvalue weighted by Gasteiger charge is -2.16. The standard InChI is InChI=1S/C27H29FN2/c1-19(9-5-3-6-10-21-11-7-4-8-12-21)26-20(2)25-17-23(18-29-27(25)30-26)22-13-15-24(28)16-14-22/h4,7-8,11-15,17-18,24,26H,1-3,5-6,9-10,16H2,(H,29,30). The molecule has 154 valence electrons. The van der Waals surface area contributed by atoms with Gasteiger partial charge in [0, 0.05) is 23.7 Å². The van der Waals surface area contributed by atoms with E-state index in [0.717, 1.165) is 52.9 Å². The van der Waals surface area contributed by atoms with Crippen molar-refractivity contribution in [2.24, 2.45) is 0 Å². The highest BCUT2D eigenvalue weighted by molar-refractivity contribution is 5.88. The molecule has 0 saturated carbocycles. The average molecular weight is 401 g/mol. The molecule has 2 unspecified atom stereocenters. The lowest BCUT2D eigenvalue weighted by atomic mass is 9.93. The zero-order valence-electron chi connectivity index (χ0n) is 17.4. The van der Waals surface area contributed by atoms with Crippen molar-refractivity contribution in [3.05, 3.63) is 96.2 Å². The van der Waals surface area contributed by atoms with E-state index < -0.39 is 6.17 Å². The van der Waals surface area contributed by atoms with E-state index in [-0.39, 0.29) is 6.04 Å². The first-order valence-corrected chi connectivity index (χ1v) is 10.8. The fourth-order valence-corrected chi connectivity index (χ4v) is 4.17. The molecule has 0 saturated heterocycles. The molecule has 3 heteroatoms. The van der Waals surface area contributed by atoms with Crippen LogP contribution in [0.2, 0.25) is 0 Å². The normalized spacial score (nSPS) is 19.9.